The molecule has 0 saturated carbocycles. The molecule has 1 rings (SSSR count). The molecule has 0 spiro atoms. The minimum Gasteiger partial charge on any atom is -0.389 e. The number of nitrogens with one attached hydrogen (secondary N) is 1. The largest absolute Gasteiger partial charge is 0.389 e. The maximum absolute atomic E-state index is 12.2. The number of nitrogens with two attached hydrogens (primary N) is 1. The predicted molar refractivity (Wildman–Crippen MR) is 77.7 cm³/mol. The average Bonchev–Trinajstić information content (AvgIpc) is 2.35. The van der Waals surface area contributed by atoms with Crippen molar-refractivity contribution in [2.24, 2.45) is 17.6 Å². The Hall–Kier alpha value is -1.39. The molecule has 0 aliphatic rings. The van der Waals surface area contributed by atoms with E-state index in [9.17, 15) is 9.90 Å². The third-order valence-electron chi connectivity index (χ3n) is 3.08. The van der Waals surface area contributed by atoms with Gasteiger partial charge in [-0.15, -0.1) is 0 Å². The summed E-state index contributed by atoms with van der Waals surface area (Å²) in [5.41, 5.74) is 7.04. The number of benzene rings is 1. The minimum absolute atomic E-state index is 0.0794. The minimum atomic E-state index is -0.613. The second kappa shape index (κ2) is 7.26. The van der Waals surface area contributed by atoms with Crippen molar-refractivity contribution in [2.45, 2.75) is 33.3 Å². The van der Waals surface area contributed by atoms with Crippen LogP contribution in [0.15, 0.2) is 24.3 Å². The first-order valence-electron chi connectivity index (χ1n) is 6.73. The van der Waals surface area contributed by atoms with Crippen LogP contribution < -0.4 is 11.1 Å². The molecule has 19 heavy (non-hydrogen) atoms. The highest BCUT2D eigenvalue weighted by Gasteiger charge is 2.19. The molecule has 2 atom stereocenters. The van der Waals surface area contributed by atoms with Gasteiger partial charge in [0.1, 0.15) is 0 Å². The molecule has 4 heteroatoms. The van der Waals surface area contributed by atoms with Crippen LogP contribution in [0.4, 0.5) is 5.69 Å². The number of para-hydroxylation sites is 1. The Morgan fingerprint density at radius 2 is 1.95 bits per heavy atom. The Balaban J connectivity index is 2.81. The Labute approximate surface area is 115 Å². The van der Waals surface area contributed by atoms with E-state index in [1.807, 2.05) is 12.1 Å². The van der Waals surface area contributed by atoms with Gasteiger partial charge in [-0.2, -0.15) is 0 Å². The van der Waals surface area contributed by atoms with E-state index in [2.05, 4.69) is 19.2 Å². The molecule has 0 radical (unpaired) electrons. The van der Waals surface area contributed by atoms with Crippen molar-refractivity contribution in [1.82, 2.24) is 0 Å². The van der Waals surface area contributed by atoms with Gasteiger partial charge in [-0.1, -0.05) is 32.0 Å². The molecule has 106 valence electrons. The van der Waals surface area contributed by atoms with Crippen LogP contribution >= 0.6 is 0 Å². The number of hydrogen-bond donors (Lipinski definition) is 3. The van der Waals surface area contributed by atoms with Crippen LogP contribution in [0.3, 0.4) is 0 Å². The average molecular weight is 264 g/mol. The van der Waals surface area contributed by atoms with Crippen LogP contribution in [0.5, 0.6) is 0 Å². The Morgan fingerprint density at radius 1 is 1.32 bits per heavy atom. The lowest BCUT2D eigenvalue weighted by molar-refractivity contribution is -0.120. The maximum atomic E-state index is 12.2. The van der Waals surface area contributed by atoms with Crippen molar-refractivity contribution in [2.75, 3.05) is 11.9 Å². The number of aliphatic hydroxyl groups excluding tert-OH is 1. The summed E-state index contributed by atoms with van der Waals surface area (Å²) < 4.78 is 0. The highest BCUT2D eigenvalue weighted by molar-refractivity contribution is 5.93. The molecule has 0 aliphatic heterocycles. The number of anilines is 1. The third-order valence-corrected chi connectivity index (χ3v) is 3.08. The highest BCUT2D eigenvalue weighted by Crippen LogP contribution is 2.23. The molecule has 4 nitrogen and oxygen atoms in total. The van der Waals surface area contributed by atoms with E-state index in [-0.39, 0.29) is 11.8 Å². The lowest BCUT2D eigenvalue weighted by atomic mass is 9.96. The van der Waals surface area contributed by atoms with Crippen LogP contribution in [0.25, 0.3) is 0 Å². The number of hydrogen-bond acceptors (Lipinski definition) is 3. The molecule has 1 amide bonds. The standard InChI is InChI=1S/C15H24N2O2/c1-10(2)8-12(9-16)15(19)17-14-7-5-4-6-13(14)11(3)18/h4-7,10-12,18H,8-9,16H2,1-3H3,(H,17,19). The molecule has 4 N–H and O–H groups in total. The van der Waals surface area contributed by atoms with Gasteiger partial charge < -0.3 is 16.2 Å². The summed E-state index contributed by atoms with van der Waals surface area (Å²) in [5, 5.41) is 12.6. The quantitative estimate of drug-likeness (QED) is 0.738. The van der Waals surface area contributed by atoms with E-state index in [1.54, 1.807) is 19.1 Å². The fraction of sp³-hybridized carbons (Fsp3) is 0.533. The van der Waals surface area contributed by atoms with E-state index < -0.39 is 6.10 Å². The molecule has 0 saturated heterocycles. The first kappa shape index (κ1) is 15.7. The second-order valence-corrected chi connectivity index (χ2v) is 5.31. The summed E-state index contributed by atoms with van der Waals surface area (Å²) in [4.78, 5) is 12.2. The predicted octanol–water partition coefficient (Wildman–Crippen LogP) is 2.30. The van der Waals surface area contributed by atoms with Gasteiger partial charge in [0.05, 0.1) is 12.0 Å². The van der Waals surface area contributed by atoms with Crippen molar-refractivity contribution in [3.63, 3.8) is 0 Å². The van der Waals surface area contributed by atoms with E-state index in [0.717, 1.165) is 12.0 Å². The van der Waals surface area contributed by atoms with Crippen molar-refractivity contribution in [3.05, 3.63) is 29.8 Å². The zero-order valence-electron chi connectivity index (χ0n) is 11.9. The van der Waals surface area contributed by atoms with E-state index in [1.165, 1.54) is 0 Å². The maximum Gasteiger partial charge on any atom is 0.228 e. The van der Waals surface area contributed by atoms with Gasteiger partial charge in [0.15, 0.2) is 0 Å². The van der Waals surface area contributed by atoms with Gasteiger partial charge in [0.2, 0.25) is 5.91 Å². The molecular weight excluding hydrogens is 240 g/mol. The van der Waals surface area contributed by atoms with E-state index in [0.29, 0.717) is 18.2 Å². The van der Waals surface area contributed by atoms with Gasteiger partial charge in [0.25, 0.3) is 0 Å². The lowest BCUT2D eigenvalue weighted by Crippen LogP contribution is -2.30. The van der Waals surface area contributed by atoms with Crippen LogP contribution in [0.2, 0.25) is 0 Å². The molecule has 0 bridgehead atoms. The van der Waals surface area contributed by atoms with Crippen LogP contribution in [-0.2, 0) is 4.79 Å². The first-order valence-corrected chi connectivity index (χ1v) is 6.73. The normalized spacial score (nSPS) is 14.2. The Kier molecular flexibility index (Phi) is 5.99. The molecule has 1 aromatic carbocycles. The SMILES string of the molecule is CC(C)CC(CN)C(=O)Nc1ccccc1C(C)O. The van der Waals surface area contributed by atoms with Gasteiger partial charge >= 0.3 is 0 Å². The van der Waals surface area contributed by atoms with Crippen LogP contribution in [0, 0.1) is 11.8 Å². The molecular formula is C15H24N2O2. The Bertz CT molecular complexity index is 416. The van der Waals surface area contributed by atoms with Crippen molar-refractivity contribution < 1.29 is 9.90 Å². The summed E-state index contributed by atoms with van der Waals surface area (Å²) in [6.07, 6.45) is 0.150. The number of rotatable bonds is 6. The topological polar surface area (TPSA) is 75.4 Å². The van der Waals surface area contributed by atoms with Gasteiger partial charge in [-0.05, 0) is 25.3 Å². The smallest absolute Gasteiger partial charge is 0.228 e. The number of aliphatic hydroxyl groups is 1. The molecule has 2 unspecified atom stereocenters. The molecule has 1 aromatic rings. The third kappa shape index (κ3) is 4.65. The van der Waals surface area contributed by atoms with Crippen molar-refractivity contribution in [1.29, 1.82) is 0 Å². The van der Waals surface area contributed by atoms with Crippen molar-refractivity contribution >= 4 is 11.6 Å². The summed E-state index contributed by atoms with van der Waals surface area (Å²) >= 11 is 0. The van der Waals surface area contributed by atoms with E-state index >= 15 is 0 Å². The summed E-state index contributed by atoms with van der Waals surface area (Å²) in [6.45, 7) is 6.15. The van der Waals surface area contributed by atoms with Crippen molar-refractivity contribution in [3.8, 4) is 0 Å². The fourth-order valence-electron chi connectivity index (χ4n) is 2.09. The highest BCUT2D eigenvalue weighted by atomic mass is 16.3. The second-order valence-electron chi connectivity index (χ2n) is 5.31. The van der Waals surface area contributed by atoms with E-state index in [4.69, 9.17) is 5.73 Å². The summed E-state index contributed by atoms with van der Waals surface area (Å²) in [5.74, 6) is 0.151. The number of amides is 1. The summed E-state index contributed by atoms with van der Waals surface area (Å²) in [7, 11) is 0. The Morgan fingerprint density at radius 3 is 2.47 bits per heavy atom. The zero-order valence-corrected chi connectivity index (χ0v) is 11.9. The molecule has 0 heterocycles. The number of carbonyl (C=O) groups is 1. The van der Waals surface area contributed by atoms with Crippen LogP contribution in [0.1, 0.15) is 38.9 Å². The molecule has 0 fully saturated rings. The van der Waals surface area contributed by atoms with Gasteiger partial charge in [0, 0.05) is 17.8 Å². The van der Waals surface area contributed by atoms with Gasteiger partial charge in [-0.25, -0.2) is 0 Å². The van der Waals surface area contributed by atoms with Crippen LogP contribution in [-0.4, -0.2) is 17.6 Å². The molecule has 0 aliphatic carbocycles. The fourth-order valence-corrected chi connectivity index (χ4v) is 2.09. The van der Waals surface area contributed by atoms with Gasteiger partial charge in [-0.3, -0.25) is 4.79 Å². The monoisotopic (exact) mass is 264 g/mol. The molecule has 0 aromatic heterocycles. The first-order chi connectivity index (χ1) is 8.95. The lowest BCUT2D eigenvalue weighted by Gasteiger charge is -2.19. The zero-order chi connectivity index (χ0) is 14.4. The number of carbonyl (C=O) groups excluding carboxylic acids is 1. The summed E-state index contributed by atoms with van der Waals surface area (Å²) in [6, 6.07) is 7.27.